The molecule has 100 valence electrons. The molecule has 0 unspecified atom stereocenters. The molecule has 0 saturated carbocycles. The minimum atomic E-state index is 0.0991. The van der Waals surface area contributed by atoms with Crippen molar-refractivity contribution < 1.29 is 5.21 Å². The number of amidine groups is 1. The zero-order chi connectivity index (χ0) is 13.7. The topological polar surface area (TPSA) is 74.7 Å². The summed E-state index contributed by atoms with van der Waals surface area (Å²) < 4.78 is 0. The van der Waals surface area contributed by atoms with E-state index in [1.54, 1.807) is 29.8 Å². The summed E-state index contributed by atoms with van der Waals surface area (Å²) in [7, 11) is 0. The van der Waals surface area contributed by atoms with Crippen LogP contribution in [0.15, 0.2) is 41.1 Å². The van der Waals surface area contributed by atoms with Gasteiger partial charge in [0.1, 0.15) is 0 Å². The molecule has 2 heterocycles. The Morgan fingerprint density at radius 1 is 1.53 bits per heavy atom. The summed E-state index contributed by atoms with van der Waals surface area (Å²) in [5.41, 5.74) is 7.27. The molecule has 0 aliphatic heterocycles. The number of thiophene rings is 1. The van der Waals surface area contributed by atoms with Crippen LogP contribution < -0.4 is 10.6 Å². The fraction of sp³-hybridized carbons (Fsp3) is 0.231. The van der Waals surface area contributed by atoms with Crippen LogP contribution in [-0.2, 0) is 6.54 Å². The molecule has 0 aromatic carbocycles. The van der Waals surface area contributed by atoms with Crippen molar-refractivity contribution in [3.05, 3.63) is 46.4 Å². The van der Waals surface area contributed by atoms with Gasteiger partial charge in [-0.15, -0.1) is 11.3 Å². The van der Waals surface area contributed by atoms with E-state index >= 15 is 0 Å². The number of aromatic nitrogens is 1. The van der Waals surface area contributed by atoms with E-state index < -0.39 is 0 Å². The third-order valence-electron chi connectivity index (χ3n) is 2.83. The summed E-state index contributed by atoms with van der Waals surface area (Å²) in [4.78, 5) is 7.54. The predicted octanol–water partition coefficient (Wildman–Crippen LogP) is 2.26. The molecule has 0 spiro atoms. The highest BCUT2D eigenvalue weighted by Gasteiger charge is 2.13. The first kappa shape index (κ1) is 13.4. The Kier molecular flexibility index (Phi) is 4.35. The van der Waals surface area contributed by atoms with Crippen LogP contribution >= 0.6 is 11.3 Å². The molecular weight excluding hydrogens is 260 g/mol. The van der Waals surface area contributed by atoms with E-state index in [-0.39, 0.29) is 5.84 Å². The van der Waals surface area contributed by atoms with Crippen molar-refractivity contribution in [1.82, 2.24) is 4.98 Å². The normalized spacial score (nSPS) is 11.5. The van der Waals surface area contributed by atoms with Crippen LogP contribution in [0.3, 0.4) is 0 Å². The lowest BCUT2D eigenvalue weighted by atomic mass is 10.2. The van der Waals surface area contributed by atoms with Crippen molar-refractivity contribution >= 4 is 22.9 Å². The van der Waals surface area contributed by atoms with Crippen LogP contribution in [-0.4, -0.2) is 22.6 Å². The molecule has 5 nitrogen and oxygen atoms in total. The zero-order valence-corrected chi connectivity index (χ0v) is 11.5. The van der Waals surface area contributed by atoms with E-state index in [0.29, 0.717) is 5.56 Å². The number of rotatable bonds is 5. The minimum Gasteiger partial charge on any atom is -0.409 e. The van der Waals surface area contributed by atoms with Gasteiger partial charge < -0.3 is 15.8 Å². The lowest BCUT2D eigenvalue weighted by Crippen LogP contribution is -2.26. The van der Waals surface area contributed by atoms with Gasteiger partial charge in [-0.3, -0.25) is 4.98 Å². The van der Waals surface area contributed by atoms with E-state index in [2.05, 4.69) is 33.4 Å². The molecule has 0 aliphatic rings. The second-order valence-corrected chi connectivity index (χ2v) is 5.00. The second-order valence-electron chi connectivity index (χ2n) is 3.97. The van der Waals surface area contributed by atoms with E-state index in [0.717, 1.165) is 18.8 Å². The highest BCUT2D eigenvalue weighted by atomic mass is 32.1. The van der Waals surface area contributed by atoms with E-state index in [9.17, 15) is 0 Å². The smallest absolute Gasteiger partial charge is 0.172 e. The first-order valence-electron chi connectivity index (χ1n) is 5.95. The Bertz CT molecular complexity index is 554. The van der Waals surface area contributed by atoms with E-state index in [4.69, 9.17) is 10.9 Å². The van der Waals surface area contributed by atoms with Crippen LogP contribution in [0, 0.1) is 0 Å². The predicted molar refractivity (Wildman–Crippen MR) is 77.8 cm³/mol. The molecule has 3 N–H and O–H groups in total. The molecule has 0 fully saturated rings. The van der Waals surface area contributed by atoms with Gasteiger partial charge in [-0.05, 0) is 24.4 Å². The molecule has 0 bridgehead atoms. The van der Waals surface area contributed by atoms with Crippen LogP contribution in [0.1, 0.15) is 17.4 Å². The lowest BCUT2D eigenvalue weighted by molar-refractivity contribution is 0.318. The number of nitrogens with two attached hydrogens (primary N) is 1. The SMILES string of the molecule is CCN(Cc1cccs1)c1cnccc1/C(N)=N/O. The number of hydrogen-bond donors (Lipinski definition) is 2. The fourth-order valence-electron chi connectivity index (χ4n) is 1.87. The molecule has 0 atom stereocenters. The quantitative estimate of drug-likeness (QED) is 0.380. The number of anilines is 1. The molecule has 0 saturated heterocycles. The van der Waals surface area contributed by atoms with Crippen molar-refractivity contribution in [2.75, 3.05) is 11.4 Å². The summed E-state index contributed by atoms with van der Waals surface area (Å²) in [5.74, 6) is 0.0991. The summed E-state index contributed by atoms with van der Waals surface area (Å²) >= 11 is 1.71. The standard InChI is InChI=1S/C13H16N4OS/c1-2-17(9-10-4-3-7-19-10)12-8-15-6-5-11(12)13(14)16-18/h3-8,18H,2,9H2,1H3,(H2,14,16). The summed E-state index contributed by atoms with van der Waals surface area (Å²) in [6.07, 6.45) is 3.38. The number of oxime groups is 1. The van der Waals surface area contributed by atoms with Crippen molar-refractivity contribution in [3.8, 4) is 0 Å². The summed E-state index contributed by atoms with van der Waals surface area (Å²) in [5, 5.41) is 14.0. The van der Waals surface area contributed by atoms with Crippen molar-refractivity contribution in [2.45, 2.75) is 13.5 Å². The Morgan fingerprint density at radius 3 is 3.00 bits per heavy atom. The van der Waals surface area contributed by atoms with Gasteiger partial charge in [0.05, 0.1) is 18.4 Å². The van der Waals surface area contributed by atoms with Crippen molar-refractivity contribution in [1.29, 1.82) is 0 Å². The number of nitrogens with zero attached hydrogens (tertiary/aromatic N) is 3. The molecule has 6 heteroatoms. The third-order valence-corrected chi connectivity index (χ3v) is 3.69. The fourth-order valence-corrected chi connectivity index (χ4v) is 2.59. The van der Waals surface area contributed by atoms with Gasteiger partial charge in [0.2, 0.25) is 0 Å². The highest BCUT2D eigenvalue weighted by molar-refractivity contribution is 7.09. The van der Waals surface area contributed by atoms with Gasteiger partial charge in [0, 0.05) is 23.2 Å². The maximum Gasteiger partial charge on any atom is 0.172 e. The van der Waals surface area contributed by atoms with Crippen molar-refractivity contribution in [2.24, 2.45) is 10.9 Å². The van der Waals surface area contributed by atoms with E-state index in [1.165, 1.54) is 4.88 Å². The summed E-state index contributed by atoms with van der Waals surface area (Å²) in [6.45, 7) is 3.66. The van der Waals surface area contributed by atoms with Crippen LogP contribution in [0.4, 0.5) is 5.69 Å². The first-order valence-corrected chi connectivity index (χ1v) is 6.83. The Hall–Kier alpha value is -2.08. The highest BCUT2D eigenvalue weighted by Crippen LogP contribution is 2.22. The Morgan fingerprint density at radius 2 is 2.37 bits per heavy atom. The van der Waals surface area contributed by atoms with Crippen molar-refractivity contribution in [3.63, 3.8) is 0 Å². The first-order chi connectivity index (χ1) is 9.26. The average Bonchev–Trinajstić information content (AvgIpc) is 2.97. The monoisotopic (exact) mass is 276 g/mol. The molecule has 0 aliphatic carbocycles. The Balaban J connectivity index is 2.33. The maximum atomic E-state index is 8.85. The molecule has 2 rings (SSSR count). The Labute approximate surface area is 116 Å². The maximum absolute atomic E-state index is 8.85. The van der Waals surface area contributed by atoms with Crippen LogP contribution in [0.5, 0.6) is 0 Å². The number of pyridine rings is 1. The molecule has 0 amide bonds. The van der Waals surface area contributed by atoms with Crippen LogP contribution in [0.25, 0.3) is 0 Å². The molecule has 0 radical (unpaired) electrons. The molecule has 2 aromatic rings. The van der Waals surface area contributed by atoms with Gasteiger partial charge in [-0.25, -0.2) is 0 Å². The van der Waals surface area contributed by atoms with Gasteiger partial charge >= 0.3 is 0 Å². The molecule has 19 heavy (non-hydrogen) atoms. The van der Waals surface area contributed by atoms with Gasteiger partial charge in [-0.1, -0.05) is 11.2 Å². The molecular formula is C13H16N4OS. The van der Waals surface area contributed by atoms with Crippen LogP contribution in [0.2, 0.25) is 0 Å². The second kappa shape index (κ2) is 6.19. The third kappa shape index (κ3) is 3.03. The zero-order valence-electron chi connectivity index (χ0n) is 10.7. The summed E-state index contributed by atoms with van der Waals surface area (Å²) in [6, 6.07) is 5.87. The lowest BCUT2D eigenvalue weighted by Gasteiger charge is -2.24. The largest absolute Gasteiger partial charge is 0.409 e. The van der Waals surface area contributed by atoms with Gasteiger partial charge in [0.15, 0.2) is 5.84 Å². The van der Waals surface area contributed by atoms with Gasteiger partial charge in [0.25, 0.3) is 0 Å². The number of hydrogen-bond acceptors (Lipinski definition) is 5. The average molecular weight is 276 g/mol. The van der Waals surface area contributed by atoms with E-state index in [1.807, 2.05) is 6.07 Å². The molecule has 2 aromatic heterocycles. The van der Waals surface area contributed by atoms with Gasteiger partial charge in [-0.2, -0.15) is 0 Å². The minimum absolute atomic E-state index is 0.0991.